The van der Waals surface area contributed by atoms with Crippen LogP contribution in [0.15, 0.2) is 24.3 Å². The van der Waals surface area contributed by atoms with E-state index in [1.54, 1.807) is 24.3 Å². The maximum atomic E-state index is 11.4. The first-order valence-electron chi connectivity index (χ1n) is 5.39. The summed E-state index contributed by atoms with van der Waals surface area (Å²) in [5.74, 6) is 0.218. The van der Waals surface area contributed by atoms with Crippen LogP contribution in [0.4, 0.5) is 5.69 Å². The lowest BCUT2D eigenvalue weighted by Gasteiger charge is -2.04. The Hall–Kier alpha value is -1.55. The molecule has 1 aromatic carbocycles. The molecule has 0 heterocycles. The second-order valence-electron chi connectivity index (χ2n) is 3.58. The minimum absolute atomic E-state index is 0.171. The van der Waals surface area contributed by atoms with E-state index in [4.69, 9.17) is 15.6 Å². The van der Waals surface area contributed by atoms with Crippen molar-refractivity contribution in [2.45, 2.75) is 25.7 Å². The predicted molar refractivity (Wildman–Crippen MR) is 62.0 cm³/mol. The molecule has 0 aliphatic heterocycles. The number of aliphatic hydroxyl groups is 1. The van der Waals surface area contributed by atoms with Crippen LogP contribution in [0.25, 0.3) is 0 Å². The van der Waals surface area contributed by atoms with Crippen molar-refractivity contribution in [1.29, 1.82) is 0 Å². The van der Waals surface area contributed by atoms with Gasteiger partial charge in [0.25, 0.3) is 0 Å². The van der Waals surface area contributed by atoms with Gasteiger partial charge in [-0.15, -0.1) is 0 Å². The lowest BCUT2D eigenvalue weighted by molar-refractivity contribution is -0.134. The summed E-state index contributed by atoms with van der Waals surface area (Å²) in [6.45, 7) is 0.171. The zero-order chi connectivity index (χ0) is 11.8. The molecule has 0 unspecified atom stereocenters. The highest BCUT2D eigenvalue weighted by molar-refractivity contribution is 5.72. The van der Waals surface area contributed by atoms with Gasteiger partial charge in [0.2, 0.25) is 0 Å². The Labute approximate surface area is 95.0 Å². The standard InChI is InChI=1S/C12H17NO3/c13-10-5-4-6-11(9-10)16-12(15)7-2-1-3-8-14/h4-6,9,14H,1-3,7-8,13H2. The lowest BCUT2D eigenvalue weighted by Crippen LogP contribution is -2.07. The van der Waals surface area contributed by atoms with Gasteiger partial charge >= 0.3 is 5.97 Å². The van der Waals surface area contributed by atoms with E-state index in [1.165, 1.54) is 0 Å². The molecule has 88 valence electrons. The molecule has 0 aliphatic carbocycles. The monoisotopic (exact) mass is 223 g/mol. The number of esters is 1. The molecule has 0 bridgehead atoms. The van der Waals surface area contributed by atoms with Gasteiger partial charge in [0, 0.05) is 24.8 Å². The number of nitrogens with two attached hydrogens (primary N) is 1. The first-order valence-corrected chi connectivity index (χ1v) is 5.39. The van der Waals surface area contributed by atoms with E-state index in [9.17, 15) is 4.79 Å². The van der Waals surface area contributed by atoms with Crippen LogP contribution >= 0.6 is 0 Å². The summed E-state index contributed by atoms with van der Waals surface area (Å²) in [6, 6.07) is 6.79. The number of ether oxygens (including phenoxy) is 1. The fourth-order valence-corrected chi connectivity index (χ4v) is 1.32. The first-order chi connectivity index (χ1) is 7.72. The topological polar surface area (TPSA) is 72.5 Å². The Kier molecular flexibility index (Phi) is 5.36. The molecule has 4 heteroatoms. The van der Waals surface area contributed by atoms with Crippen LogP contribution in [0.3, 0.4) is 0 Å². The average molecular weight is 223 g/mol. The van der Waals surface area contributed by atoms with E-state index in [2.05, 4.69) is 0 Å². The van der Waals surface area contributed by atoms with E-state index in [-0.39, 0.29) is 12.6 Å². The molecule has 0 atom stereocenters. The van der Waals surface area contributed by atoms with Crippen LogP contribution in [-0.4, -0.2) is 17.7 Å². The molecule has 3 N–H and O–H groups in total. The van der Waals surface area contributed by atoms with Crippen LogP contribution in [0, 0.1) is 0 Å². The Bertz CT molecular complexity index is 339. The van der Waals surface area contributed by atoms with Crippen LogP contribution < -0.4 is 10.5 Å². The molecular weight excluding hydrogens is 206 g/mol. The molecular formula is C12H17NO3. The van der Waals surface area contributed by atoms with Crippen molar-refractivity contribution in [3.05, 3.63) is 24.3 Å². The normalized spacial score (nSPS) is 10.1. The third-order valence-corrected chi connectivity index (χ3v) is 2.13. The predicted octanol–water partition coefficient (Wildman–Crippen LogP) is 1.73. The van der Waals surface area contributed by atoms with Crippen molar-refractivity contribution in [3.8, 4) is 5.75 Å². The number of benzene rings is 1. The minimum Gasteiger partial charge on any atom is -0.426 e. The van der Waals surface area contributed by atoms with Gasteiger partial charge in [0.15, 0.2) is 0 Å². The number of anilines is 1. The van der Waals surface area contributed by atoms with E-state index < -0.39 is 0 Å². The summed E-state index contributed by atoms with van der Waals surface area (Å²) >= 11 is 0. The number of aliphatic hydroxyl groups excluding tert-OH is 1. The van der Waals surface area contributed by atoms with Gasteiger partial charge in [-0.2, -0.15) is 0 Å². The van der Waals surface area contributed by atoms with Gasteiger partial charge in [0.1, 0.15) is 5.75 Å². The summed E-state index contributed by atoms with van der Waals surface area (Å²) < 4.78 is 5.09. The molecule has 0 aromatic heterocycles. The van der Waals surface area contributed by atoms with E-state index in [1.807, 2.05) is 0 Å². The smallest absolute Gasteiger partial charge is 0.311 e. The number of carbonyl (C=O) groups excluding carboxylic acids is 1. The second-order valence-corrected chi connectivity index (χ2v) is 3.58. The van der Waals surface area contributed by atoms with Crippen molar-refractivity contribution in [1.82, 2.24) is 0 Å². The zero-order valence-corrected chi connectivity index (χ0v) is 9.19. The van der Waals surface area contributed by atoms with Crippen molar-refractivity contribution < 1.29 is 14.6 Å². The lowest BCUT2D eigenvalue weighted by atomic mass is 10.2. The molecule has 0 amide bonds. The minimum atomic E-state index is -0.261. The highest BCUT2D eigenvalue weighted by Gasteiger charge is 2.04. The summed E-state index contributed by atoms with van der Waals surface area (Å²) in [5, 5.41) is 8.57. The number of hydrogen-bond donors (Lipinski definition) is 2. The highest BCUT2D eigenvalue weighted by atomic mass is 16.5. The van der Waals surface area contributed by atoms with Crippen molar-refractivity contribution in [2.24, 2.45) is 0 Å². The summed E-state index contributed by atoms with van der Waals surface area (Å²) in [6.07, 6.45) is 2.67. The largest absolute Gasteiger partial charge is 0.426 e. The summed E-state index contributed by atoms with van der Waals surface area (Å²) in [5.41, 5.74) is 6.13. The highest BCUT2D eigenvalue weighted by Crippen LogP contribution is 2.15. The van der Waals surface area contributed by atoms with Crippen LogP contribution in [0.2, 0.25) is 0 Å². The fraction of sp³-hybridized carbons (Fsp3) is 0.417. The Balaban J connectivity index is 2.29. The van der Waals surface area contributed by atoms with E-state index >= 15 is 0 Å². The van der Waals surface area contributed by atoms with Gasteiger partial charge in [-0.1, -0.05) is 12.5 Å². The van der Waals surface area contributed by atoms with E-state index in [0.29, 0.717) is 17.9 Å². The van der Waals surface area contributed by atoms with Gasteiger partial charge in [-0.05, 0) is 25.0 Å². The van der Waals surface area contributed by atoms with Crippen LogP contribution in [-0.2, 0) is 4.79 Å². The SMILES string of the molecule is Nc1cccc(OC(=O)CCCCCO)c1. The number of rotatable bonds is 6. The molecule has 1 rings (SSSR count). The van der Waals surface area contributed by atoms with E-state index in [0.717, 1.165) is 19.3 Å². The van der Waals surface area contributed by atoms with Crippen molar-refractivity contribution >= 4 is 11.7 Å². The molecule has 0 radical (unpaired) electrons. The van der Waals surface area contributed by atoms with Crippen molar-refractivity contribution in [2.75, 3.05) is 12.3 Å². The quantitative estimate of drug-likeness (QED) is 0.333. The van der Waals surface area contributed by atoms with Gasteiger partial charge in [0.05, 0.1) is 0 Å². The van der Waals surface area contributed by atoms with Crippen LogP contribution in [0.1, 0.15) is 25.7 Å². The molecule has 0 aliphatic rings. The molecule has 1 aromatic rings. The number of unbranched alkanes of at least 4 members (excludes halogenated alkanes) is 2. The molecule has 0 fully saturated rings. The number of hydrogen-bond acceptors (Lipinski definition) is 4. The van der Waals surface area contributed by atoms with Gasteiger partial charge in [-0.25, -0.2) is 0 Å². The third-order valence-electron chi connectivity index (χ3n) is 2.13. The maximum Gasteiger partial charge on any atom is 0.311 e. The van der Waals surface area contributed by atoms with Gasteiger partial charge < -0.3 is 15.6 Å². The molecule has 0 spiro atoms. The summed E-state index contributed by atoms with van der Waals surface area (Å²) in [7, 11) is 0. The molecule has 4 nitrogen and oxygen atoms in total. The van der Waals surface area contributed by atoms with Gasteiger partial charge in [-0.3, -0.25) is 4.79 Å². The second kappa shape index (κ2) is 6.85. The first kappa shape index (κ1) is 12.5. The Morgan fingerprint density at radius 2 is 2.12 bits per heavy atom. The average Bonchev–Trinajstić information content (AvgIpc) is 2.24. The maximum absolute atomic E-state index is 11.4. The van der Waals surface area contributed by atoms with Crippen LogP contribution in [0.5, 0.6) is 5.75 Å². The molecule has 0 saturated carbocycles. The Morgan fingerprint density at radius 1 is 1.31 bits per heavy atom. The van der Waals surface area contributed by atoms with Crippen molar-refractivity contribution in [3.63, 3.8) is 0 Å². The fourth-order valence-electron chi connectivity index (χ4n) is 1.32. The molecule has 16 heavy (non-hydrogen) atoms. The summed E-state index contributed by atoms with van der Waals surface area (Å²) in [4.78, 5) is 11.4. The zero-order valence-electron chi connectivity index (χ0n) is 9.19. The Morgan fingerprint density at radius 3 is 2.81 bits per heavy atom. The number of carbonyl (C=O) groups is 1. The number of nitrogen functional groups attached to an aromatic ring is 1. The third kappa shape index (κ3) is 4.79. The molecule has 0 saturated heterocycles.